The monoisotopic (exact) mass is 144 g/mol. The van der Waals surface area contributed by atoms with Crippen LogP contribution in [0.5, 0.6) is 0 Å². The zero-order chi connectivity index (χ0) is 7.56. The summed E-state index contributed by atoms with van der Waals surface area (Å²) in [4.78, 5) is 0. The van der Waals surface area contributed by atoms with E-state index >= 15 is 0 Å². The number of hydrogen-bond acceptors (Lipinski definition) is 4. The van der Waals surface area contributed by atoms with Crippen LogP contribution < -0.4 is 5.32 Å². The first kappa shape index (κ1) is 7.65. The fourth-order valence-electron chi connectivity index (χ4n) is 0.934. The maximum atomic E-state index is 8.80. The molecule has 10 heavy (non-hydrogen) atoms. The molecular weight excluding hydrogens is 132 g/mol. The molecule has 58 valence electrons. The molecule has 0 spiro atoms. The van der Waals surface area contributed by atoms with Crippen molar-refractivity contribution in [3.05, 3.63) is 0 Å². The van der Waals surface area contributed by atoms with Gasteiger partial charge in [-0.2, -0.15) is 0 Å². The molecule has 1 rings (SSSR count). The van der Waals surface area contributed by atoms with Gasteiger partial charge in [0, 0.05) is 18.7 Å². The lowest BCUT2D eigenvalue weighted by Crippen LogP contribution is -2.25. The van der Waals surface area contributed by atoms with Gasteiger partial charge in [-0.1, -0.05) is 0 Å². The third-order valence-corrected chi connectivity index (χ3v) is 1.58. The molecule has 3 atom stereocenters. The van der Waals surface area contributed by atoms with Gasteiger partial charge >= 0.3 is 0 Å². The van der Waals surface area contributed by atoms with Crippen LogP contribution in [0.25, 0.3) is 0 Å². The van der Waals surface area contributed by atoms with Crippen molar-refractivity contribution in [1.29, 1.82) is 5.41 Å². The summed E-state index contributed by atoms with van der Waals surface area (Å²) in [6.45, 7) is 0.686. The minimum atomic E-state index is -0.639. The number of hydrogen-bond donors (Lipinski definition) is 3. The minimum absolute atomic E-state index is 0.0139. The zero-order valence-corrected chi connectivity index (χ0v) is 5.87. The van der Waals surface area contributed by atoms with Crippen LogP contribution in [-0.2, 0) is 4.74 Å². The number of ether oxygens (including phenoxy) is 1. The average molecular weight is 144 g/mol. The van der Waals surface area contributed by atoms with Gasteiger partial charge in [0.2, 0.25) is 0 Å². The smallest absolute Gasteiger partial charge is 0.182 e. The standard InChI is InChI=1S/C6H12N2O2/c1-8-3-4(2-7)5-6(9)10-5/h2,4-9H,3H2,1H3. The predicted octanol–water partition coefficient (Wildman–Crippen LogP) is -0.811. The van der Waals surface area contributed by atoms with Gasteiger partial charge in [0.1, 0.15) is 6.10 Å². The molecule has 1 heterocycles. The summed E-state index contributed by atoms with van der Waals surface area (Å²) >= 11 is 0. The Morgan fingerprint density at radius 3 is 2.80 bits per heavy atom. The van der Waals surface area contributed by atoms with E-state index in [1.807, 2.05) is 7.05 Å². The largest absolute Gasteiger partial charge is 0.366 e. The Kier molecular flexibility index (Phi) is 2.37. The van der Waals surface area contributed by atoms with E-state index in [0.29, 0.717) is 6.54 Å². The maximum absolute atomic E-state index is 8.80. The fourth-order valence-corrected chi connectivity index (χ4v) is 0.934. The van der Waals surface area contributed by atoms with Crippen molar-refractivity contribution in [2.45, 2.75) is 12.4 Å². The van der Waals surface area contributed by atoms with Crippen molar-refractivity contribution in [3.63, 3.8) is 0 Å². The van der Waals surface area contributed by atoms with E-state index in [2.05, 4.69) is 5.32 Å². The van der Waals surface area contributed by atoms with E-state index in [4.69, 9.17) is 15.3 Å². The van der Waals surface area contributed by atoms with Crippen molar-refractivity contribution in [3.8, 4) is 0 Å². The van der Waals surface area contributed by atoms with E-state index in [1.54, 1.807) is 0 Å². The molecule has 3 unspecified atom stereocenters. The molecule has 4 heteroatoms. The normalized spacial score (nSPS) is 33.4. The van der Waals surface area contributed by atoms with Crippen LogP contribution in [0.2, 0.25) is 0 Å². The van der Waals surface area contributed by atoms with Crippen molar-refractivity contribution in [1.82, 2.24) is 5.32 Å². The Morgan fingerprint density at radius 2 is 2.50 bits per heavy atom. The van der Waals surface area contributed by atoms with Gasteiger partial charge in [-0.15, -0.1) is 0 Å². The topological polar surface area (TPSA) is 68.6 Å². The van der Waals surface area contributed by atoms with Crippen LogP contribution in [0.4, 0.5) is 0 Å². The third kappa shape index (κ3) is 1.53. The second kappa shape index (κ2) is 3.09. The molecule has 0 aromatic carbocycles. The Hall–Kier alpha value is -0.450. The highest BCUT2D eigenvalue weighted by atomic mass is 16.7. The molecule has 0 bridgehead atoms. The van der Waals surface area contributed by atoms with Crippen LogP contribution in [0.1, 0.15) is 0 Å². The SMILES string of the molecule is CNCC(C=N)C1OC1O. The molecule has 1 aliphatic heterocycles. The summed E-state index contributed by atoms with van der Waals surface area (Å²) < 4.78 is 4.79. The number of aliphatic hydroxyl groups is 1. The van der Waals surface area contributed by atoms with Gasteiger partial charge in [-0.05, 0) is 7.05 Å². The van der Waals surface area contributed by atoms with Gasteiger partial charge in [0.05, 0.1) is 0 Å². The molecule has 0 aromatic rings. The van der Waals surface area contributed by atoms with E-state index in [1.165, 1.54) is 6.21 Å². The van der Waals surface area contributed by atoms with E-state index in [9.17, 15) is 0 Å². The maximum Gasteiger partial charge on any atom is 0.182 e. The van der Waals surface area contributed by atoms with Crippen LogP contribution in [-0.4, -0.2) is 37.3 Å². The molecule has 1 saturated heterocycles. The molecule has 0 aliphatic carbocycles. The third-order valence-electron chi connectivity index (χ3n) is 1.58. The summed E-state index contributed by atoms with van der Waals surface area (Å²) in [5, 5.41) is 18.7. The quantitative estimate of drug-likeness (QED) is 0.357. The lowest BCUT2D eigenvalue weighted by molar-refractivity contribution is 0.155. The average Bonchev–Trinajstić information content (AvgIpc) is 2.62. The van der Waals surface area contributed by atoms with Crippen molar-refractivity contribution >= 4 is 6.21 Å². The Balaban J connectivity index is 2.27. The molecule has 0 amide bonds. The van der Waals surface area contributed by atoms with Gasteiger partial charge in [-0.3, -0.25) is 0 Å². The van der Waals surface area contributed by atoms with Crippen LogP contribution >= 0.6 is 0 Å². The lowest BCUT2D eigenvalue weighted by Gasteiger charge is -2.04. The molecule has 0 aromatic heterocycles. The first-order chi connectivity index (χ1) is 4.79. The highest BCUT2D eigenvalue weighted by Crippen LogP contribution is 2.25. The highest BCUT2D eigenvalue weighted by Gasteiger charge is 2.42. The van der Waals surface area contributed by atoms with E-state index in [-0.39, 0.29) is 12.0 Å². The fraction of sp³-hybridized carbons (Fsp3) is 0.833. The summed E-state index contributed by atoms with van der Waals surface area (Å²) in [5.74, 6) is 0.0139. The van der Waals surface area contributed by atoms with Gasteiger partial charge in [0.25, 0.3) is 0 Å². The van der Waals surface area contributed by atoms with Gasteiger partial charge in [0.15, 0.2) is 6.29 Å². The second-order valence-corrected chi connectivity index (χ2v) is 2.38. The zero-order valence-electron chi connectivity index (χ0n) is 5.87. The van der Waals surface area contributed by atoms with Crippen LogP contribution in [0.15, 0.2) is 0 Å². The molecular formula is C6H12N2O2. The number of rotatable bonds is 4. The summed E-state index contributed by atoms with van der Waals surface area (Å²) in [7, 11) is 1.81. The predicted molar refractivity (Wildman–Crippen MR) is 37.1 cm³/mol. The molecule has 0 saturated carbocycles. The van der Waals surface area contributed by atoms with Crippen LogP contribution in [0, 0.1) is 11.3 Å². The Bertz CT molecular complexity index is 129. The molecule has 3 N–H and O–H groups in total. The lowest BCUT2D eigenvalue weighted by atomic mass is 10.1. The first-order valence-corrected chi connectivity index (χ1v) is 3.28. The summed E-state index contributed by atoms with van der Waals surface area (Å²) in [6.07, 6.45) is 0.516. The first-order valence-electron chi connectivity index (χ1n) is 3.28. The number of aliphatic hydroxyl groups excluding tert-OH is 1. The molecule has 0 radical (unpaired) electrons. The Morgan fingerprint density at radius 1 is 1.90 bits per heavy atom. The summed E-state index contributed by atoms with van der Waals surface area (Å²) in [6, 6.07) is 0. The summed E-state index contributed by atoms with van der Waals surface area (Å²) in [5.41, 5.74) is 0. The van der Waals surface area contributed by atoms with Crippen molar-refractivity contribution in [2.75, 3.05) is 13.6 Å². The number of epoxide rings is 1. The highest BCUT2D eigenvalue weighted by molar-refractivity contribution is 5.58. The van der Waals surface area contributed by atoms with Crippen molar-refractivity contribution < 1.29 is 9.84 Å². The Labute approximate surface area is 59.7 Å². The van der Waals surface area contributed by atoms with Crippen LogP contribution in [0.3, 0.4) is 0 Å². The van der Waals surface area contributed by atoms with Gasteiger partial charge in [-0.25, -0.2) is 0 Å². The van der Waals surface area contributed by atoms with E-state index < -0.39 is 6.29 Å². The van der Waals surface area contributed by atoms with Crippen molar-refractivity contribution in [2.24, 2.45) is 5.92 Å². The number of nitrogens with one attached hydrogen (secondary N) is 2. The second-order valence-electron chi connectivity index (χ2n) is 2.38. The molecule has 4 nitrogen and oxygen atoms in total. The van der Waals surface area contributed by atoms with E-state index in [0.717, 1.165) is 0 Å². The minimum Gasteiger partial charge on any atom is -0.366 e. The van der Waals surface area contributed by atoms with Gasteiger partial charge < -0.3 is 20.6 Å². The molecule has 1 fully saturated rings. The molecule has 1 aliphatic rings.